The van der Waals surface area contributed by atoms with E-state index >= 15 is 0 Å². The third-order valence-electron chi connectivity index (χ3n) is 3.80. The normalized spacial score (nSPS) is 18.8. The highest BCUT2D eigenvalue weighted by atomic mass is 19.1. The summed E-state index contributed by atoms with van der Waals surface area (Å²) in [4.78, 5) is 18.6. The Morgan fingerprint density at radius 1 is 1.38 bits per heavy atom. The molecular formula is C15H17FN4O. The van der Waals surface area contributed by atoms with Gasteiger partial charge in [-0.15, -0.1) is 0 Å². The number of nitrogens with one attached hydrogen (secondary N) is 1. The first-order valence-electron chi connectivity index (χ1n) is 7.08. The molecule has 1 atom stereocenters. The Bertz CT molecular complexity index is 621. The van der Waals surface area contributed by atoms with Gasteiger partial charge in [0.15, 0.2) is 0 Å². The van der Waals surface area contributed by atoms with Gasteiger partial charge in [0, 0.05) is 12.1 Å². The maximum Gasteiger partial charge on any atom is 0.254 e. The van der Waals surface area contributed by atoms with Crippen LogP contribution in [0.3, 0.4) is 0 Å². The quantitative estimate of drug-likeness (QED) is 0.924. The molecule has 1 aromatic carbocycles. The fraction of sp³-hybridized carbons (Fsp3) is 0.400. The average Bonchev–Trinajstić information content (AvgIpc) is 2.99. The topological polar surface area (TPSA) is 61.9 Å². The van der Waals surface area contributed by atoms with Crippen LogP contribution in [0.4, 0.5) is 4.39 Å². The predicted molar refractivity (Wildman–Crippen MR) is 75.1 cm³/mol. The van der Waals surface area contributed by atoms with Gasteiger partial charge in [-0.25, -0.2) is 9.37 Å². The number of benzene rings is 1. The highest BCUT2D eigenvalue weighted by molar-refractivity contribution is 5.94. The van der Waals surface area contributed by atoms with Crippen molar-refractivity contribution in [2.75, 3.05) is 6.54 Å². The minimum absolute atomic E-state index is 0.114. The molecular weight excluding hydrogens is 271 g/mol. The monoisotopic (exact) mass is 288 g/mol. The van der Waals surface area contributed by atoms with Gasteiger partial charge in [0.1, 0.15) is 18.0 Å². The maximum absolute atomic E-state index is 13.5. The Kier molecular flexibility index (Phi) is 3.68. The molecule has 1 aliphatic rings. The largest absolute Gasteiger partial charge is 0.328 e. The molecule has 5 nitrogen and oxygen atoms in total. The molecule has 110 valence electrons. The molecule has 1 fully saturated rings. The zero-order valence-electron chi connectivity index (χ0n) is 11.8. The van der Waals surface area contributed by atoms with Crippen molar-refractivity contribution in [1.82, 2.24) is 20.1 Å². The van der Waals surface area contributed by atoms with E-state index < -0.39 is 0 Å². The van der Waals surface area contributed by atoms with Crippen molar-refractivity contribution < 1.29 is 9.18 Å². The number of hydrogen-bond acceptors (Lipinski definition) is 3. The number of aromatic nitrogens is 3. The Labute approximate surface area is 122 Å². The van der Waals surface area contributed by atoms with Gasteiger partial charge in [-0.2, -0.15) is 5.10 Å². The fourth-order valence-electron chi connectivity index (χ4n) is 2.86. The summed E-state index contributed by atoms with van der Waals surface area (Å²) in [6, 6.07) is 4.32. The molecule has 1 saturated heterocycles. The maximum atomic E-state index is 13.5. The smallest absolute Gasteiger partial charge is 0.254 e. The van der Waals surface area contributed by atoms with E-state index in [4.69, 9.17) is 0 Å². The number of halogens is 1. The summed E-state index contributed by atoms with van der Waals surface area (Å²) in [7, 11) is 0. The van der Waals surface area contributed by atoms with Gasteiger partial charge in [-0.05, 0) is 49.9 Å². The van der Waals surface area contributed by atoms with E-state index in [0.29, 0.717) is 17.9 Å². The van der Waals surface area contributed by atoms with Crippen molar-refractivity contribution >= 4 is 5.91 Å². The van der Waals surface area contributed by atoms with Gasteiger partial charge in [0.2, 0.25) is 0 Å². The molecule has 1 amide bonds. The first kappa shape index (κ1) is 13.7. The number of H-pyrrole nitrogens is 1. The highest BCUT2D eigenvalue weighted by Gasteiger charge is 2.30. The summed E-state index contributed by atoms with van der Waals surface area (Å²) >= 11 is 0. The molecule has 1 N–H and O–H groups in total. The van der Waals surface area contributed by atoms with Crippen molar-refractivity contribution in [1.29, 1.82) is 0 Å². The van der Waals surface area contributed by atoms with Gasteiger partial charge in [-0.3, -0.25) is 9.89 Å². The van der Waals surface area contributed by atoms with Crippen LogP contribution in [0, 0.1) is 12.7 Å². The average molecular weight is 288 g/mol. The lowest BCUT2D eigenvalue weighted by Gasteiger charge is -2.34. The fourth-order valence-corrected chi connectivity index (χ4v) is 2.86. The number of likely N-dealkylation sites (tertiary alicyclic amines) is 1. The van der Waals surface area contributed by atoms with Crippen molar-refractivity contribution in [3.63, 3.8) is 0 Å². The lowest BCUT2D eigenvalue weighted by Crippen LogP contribution is -2.39. The Morgan fingerprint density at radius 2 is 2.24 bits per heavy atom. The third kappa shape index (κ3) is 2.79. The van der Waals surface area contributed by atoms with Gasteiger partial charge in [0.25, 0.3) is 5.91 Å². The van der Waals surface area contributed by atoms with Gasteiger partial charge >= 0.3 is 0 Å². The molecule has 2 heterocycles. The summed E-state index contributed by atoms with van der Waals surface area (Å²) < 4.78 is 13.5. The standard InChI is InChI=1S/C15H17FN4O/c1-10-6-11(8-12(16)7-10)15(21)20-5-3-2-4-13(20)14-17-9-18-19-14/h6-9,13H,2-5H2,1H3,(H,17,18,19)/t13-/m1/s1. The molecule has 0 unspecified atom stereocenters. The van der Waals surface area contributed by atoms with Crippen LogP contribution in [0.1, 0.15) is 47.1 Å². The van der Waals surface area contributed by atoms with Crippen LogP contribution >= 0.6 is 0 Å². The minimum atomic E-state index is -0.383. The Hall–Kier alpha value is -2.24. The molecule has 6 heteroatoms. The molecule has 0 spiro atoms. The molecule has 1 aliphatic heterocycles. The molecule has 0 bridgehead atoms. The van der Waals surface area contributed by atoms with E-state index in [0.717, 1.165) is 24.8 Å². The summed E-state index contributed by atoms with van der Waals surface area (Å²) in [6.45, 7) is 2.43. The van der Waals surface area contributed by atoms with Crippen LogP contribution in [-0.2, 0) is 0 Å². The van der Waals surface area contributed by atoms with Crippen LogP contribution < -0.4 is 0 Å². The van der Waals surface area contributed by atoms with Crippen molar-refractivity contribution in [3.8, 4) is 0 Å². The molecule has 0 aliphatic carbocycles. The second kappa shape index (κ2) is 5.63. The van der Waals surface area contributed by atoms with Crippen molar-refractivity contribution in [2.24, 2.45) is 0 Å². The van der Waals surface area contributed by atoms with Gasteiger partial charge < -0.3 is 4.90 Å². The van der Waals surface area contributed by atoms with Crippen LogP contribution in [0.2, 0.25) is 0 Å². The van der Waals surface area contributed by atoms with Crippen molar-refractivity contribution in [3.05, 3.63) is 47.3 Å². The summed E-state index contributed by atoms with van der Waals surface area (Å²) in [5.74, 6) is 0.154. The summed E-state index contributed by atoms with van der Waals surface area (Å²) in [5.41, 5.74) is 1.13. The molecule has 1 aromatic heterocycles. The second-order valence-corrected chi connectivity index (χ2v) is 5.40. The number of nitrogens with zero attached hydrogens (tertiary/aromatic N) is 3. The second-order valence-electron chi connectivity index (χ2n) is 5.40. The number of carbonyl (C=O) groups is 1. The van der Waals surface area contributed by atoms with E-state index in [1.165, 1.54) is 18.5 Å². The van der Waals surface area contributed by atoms with E-state index in [1.54, 1.807) is 17.9 Å². The van der Waals surface area contributed by atoms with E-state index in [2.05, 4.69) is 15.2 Å². The minimum Gasteiger partial charge on any atom is -0.328 e. The van der Waals surface area contributed by atoms with Crippen LogP contribution in [0.5, 0.6) is 0 Å². The Balaban J connectivity index is 1.90. The van der Waals surface area contributed by atoms with Crippen molar-refractivity contribution in [2.45, 2.75) is 32.2 Å². The lowest BCUT2D eigenvalue weighted by molar-refractivity contribution is 0.0600. The van der Waals surface area contributed by atoms with Crippen LogP contribution in [0.15, 0.2) is 24.5 Å². The van der Waals surface area contributed by atoms with E-state index in [-0.39, 0.29) is 17.8 Å². The molecule has 2 aromatic rings. The lowest BCUT2D eigenvalue weighted by atomic mass is 9.99. The predicted octanol–water partition coefficient (Wildman–Crippen LogP) is 2.62. The number of piperidine rings is 1. The van der Waals surface area contributed by atoms with Gasteiger partial charge in [-0.1, -0.05) is 0 Å². The number of aryl methyl sites for hydroxylation is 1. The zero-order chi connectivity index (χ0) is 14.8. The van der Waals surface area contributed by atoms with E-state index in [9.17, 15) is 9.18 Å². The first-order valence-corrected chi connectivity index (χ1v) is 7.08. The first-order chi connectivity index (χ1) is 10.1. The third-order valence-corrected chi connectivity index (χ3v) is 3.80. The number of hydrogen-bond donors (Lipinski definition) is 1. The molecule has 0 saturated carbocycles. The molecule has 0 radical (unpaired) electrons. The Morgan fingerprint density at radius 3 is 2.95 bits per heavy atom. The number of amides is 1. The van der Waals surface area contributed by atoms with Gasteiger partial charge in [0.05, 0.1) is 6.04 Å². The van der Waals surface area contributed by atoms with Crippen LogP contribution in [-0.4, -0.2) is 32.5 Å². The zero-order valence-corrected chi connectivity index (χ0v) is 11.8. The molecule has 3 rings (SSSR count). The number of carbonyl (C=O) groups excluding carboxylic acids is 1. The molecule has 21 heavy (non-hydrogen) atoms. The number of aromatic amines is 1. The van der Waals surface area contributed by atoms with E-state index in [1.807, 2.05) is 0 Å². The summed E-state index contributed by atoms with van der Waals surface area (Å²) in [5, 5.41) is 6.69. The SMILES string of the molecule is Cc1cc(F)cc(C(=O)N2CCCC[C@@H]2c2ncn[nH]2)c1. The summed E-state index contributed by atoms with van der Waals surface area (Å²) in [6.07, 6.45) is 4.27. The highest BCUT2D eigenvalue weighted by Crippen LogP contribution is 2.30. The number of rotatable bonds is 2. The van der Waals surface area contributed by atoms with Crippen LogP contribution in [0.25, 0.3) is 0 Å².